The third kappa shape index (κ3) is 4.05. The van der Waals surface area contributed by atoms with Crippen LogP contribution in [0.2, 0.25) is 0 Å². The molecule has 1 aliphatic heterocycles. The first-order chi connectivity index (χ1) is 11.1. The molecule has 0 spiro atoms. The number of fused-ring (bicyclic) bond motifs is 1. The summed E-state index contributed by atoms with van der Waals surface area (Å²) in [6.45, 7) is 9.89. The van der Waals surface area contributed by atoms with Crippen LogP contribution in [-0.2, 0) is 4.79 Å². The molecule has 0 unspecified atom stereocenters. The summed E-state index contributed by atoms with van der Waals surface area (Å²) < 4.78 is 4.71. The van der Waals surface area contributed by atoms with E-state index in [-0.39, 0.29) is 5.91 Å². The number of amides is 1. The Morgan fingerprint density at radius 3 is 2.70 bits per heavy atom. The van der Waals surface area contributed by atoms with Gasteiger partial charge < -0.3 is 10.2 Å². The van der Waals surface area contributed by atoms with Gasteiger partial charge in [0.1, 0.15) is 5.52 Å². The normalized spacial score (nSPS) is 17.0. The van der Waals surface area contributed by atoms with E-state index in [0.29, 0.717) is 29.2 Å². The van der Waals surface area contributed by atoms with Crippen molar-refractivity contribution >= 4 is 22.6 Å². The Labute approximate surface area is 135 Å². The van der Waals surface area contributed by atoms with Gasteiger partial charge >= 0.3 is 0 Å². The fourth-order valence-corrected chi connectivity index (χ4v) is 2.95. The maximum absolute atomic E-state index is 12.3. The van der Waals surface area contributed by atoms with Crippen molar-refractivity contribution in [2.45, 2.75) is 13.8 Å². The molecule has 1 aromatic carbocycles. The smallest absolute Gasteiger partial charge is 0.238 e. The van der Waals surface area contributed by atoms with E-state index in [1.165, 1.54) is 0 Å². The number of hydrogen-bond acceptors (Lipinski definition) is 6. The highest BCUT2D eigenvalue weighted by Crippen LogP contribution is 2.19. The molecule has 0 bridgehead atoms. The van der Waals surface area contributed by atoms with Gasteiger partial charge in [-0.3, -0.25) is 9.69 Å². The van der Waals surface area contributed by atoms with E-state index in [4.69, 9.17) is 4.63 Å². The van der Waals surface area contributed by atoms with Gasteiger partial charge in [0.2, 0.25) is 5.91 Å². The van der Waals surface area contributed by atoms with Crippen molar-refractivity contribution in [2.24, 2.45) is 5.92 Å². The highest BCUT2D eigenvalue weighted by atomic mass is 16.6. The Hall–Kier alpha value is -1.99. The standard InChI is InChI=1S/C16H23N5O2/c1-12(2)10-20-6-8-21(9-7-20)11-15(22)17-13-4-3-5-14-16(13)19-23-18-14/h3-5,12H,6-11H2,1-2H3,(H,17,22). The minimum atomic E-state index is -0.0298. The average molecular weight is 317 g/mol. The number of carbonyl (C=O) groups excluding carboxylic acids is 1. The molecule has 7 heteroatoms. The van der Waals surface area contributed by atoms with E-state index in [1.54, 1.807) is 6.07 Å². The number of benzene rings is 1. The number of aromatic nitrogens is 2. The molecule has 2 heterocycles. The number of piperazine rings is 1. The zero-order valence-electron chi connectivity index (χ0n) is 13.7. The first kappa shape index (κ1) is 15.9. The van der Waals surface area contributed by atoms with Crippen LogP contribution in [0.25, 0.3) is 11.0 Å². The molecular weight excluding hydrogens is 294 g/mol. The Bertz CT molecular complexity index is 661. The van der Waals surface area contributed by atoms with Gasteiger partial charge in [-0.25, -0.2) is 4.63 Å². The lowest BCUT2D eigenvalue weighted by atomic mass is 10.2. The molecule has 2 aromatic rings. The van der Waals surface area contributed by atoms with Crippen molar-refractivity contribution in [1.82, 2.24) is 20.1 Å². The van der Waals surface area contributed by atoms with Gasteiger partial charge in [-0.2, -0.15) is 0 Å². The lowest BCUT2D eigenvalue weighted by molar-refractivity contribution is -0.117. The van der Waals surface area contributed by atoms with Crippen molar-refractivity contribution in [3.63, 3.8) is 0 Å². The highest BCUT2D eigenvalue weighted by molar-refractivity contribution is 5.99. The minimum Gasteiger partial charge on any atom is -0.323 e. The van der Waals surface area contributed by atoms with E-state index < -0.39 is 0 Å². The lowest BCUT2D eigenvalue weighted by Crippen LogP contribution is -2.49. The molecular formula is C16H23N5O2. The molecule has 0 radical (unpaired) electrons. The fraction of sp³-hybridized carbons (Fsp3) is 0.562. The quantitative estimate of drug-likeness (QED) is 0.899. The molecule has 1 amide bonds. The summed E-state index contributed by atoms with van der Waals surface area (Å²) in [5.41, 5.74) is 1.87. The van der Waals surface area contributed by atoms with Crippen LogP contribution in [0.3, 0.4) is 0 Å². The van der Waals surface area contributed by atoms with E-state index >= 15 is 0 Å². The topological polar surface area (TPSA) is 74.5 Å². The van der Waals surface area contributed by atoms with Crippen molar-refractivity contribution in [3.05, 3.63) is 18.2 Å². The number of rotatable bonds is 5. The number of carbonyl (C=O) groups is 1. The summed E-state index contributed by atoms with van der Waals surface area (Å²) in [7, 11) is 0. The summed E-state index contributed by atoms with van der Waals surface area (Å²) in [5.74, 6) is 0.652. The predicted molar refractivity (Wildman–Crippen MR) is 88.2 cm³/mol. The Morgan fingerprint density at radius 2 is 1.96 bits per heavy atom. The Morgan fingerprint density at radius 1 is 1.22 bits per heavy atom. The van der Waals surface area contributed by atoms with E-state index in [9.17, 15) is 4.79 Å². The average Bonchev–Trinajstić information content (AvgIpc) is 2.98. The first-order valence-corrected chi connectivity index (χ1v) is 8.07. The molecule has 1 aliphatic rings. The van der Waals surface area contributed by atoms with E-state index in [1.807, 2.05) is 12.1 Å². The summed E-state index contributed by atoms with van der Waals surface area (Å²) in [5, 5.41) is 10.5. The van der Waals surface area contributed by atoms with Crippen molar-refractivity contribution in [3.8, 4) is 0 Å². The lowest BCUT2D eigenvalue weighted by Gasteiger charge is -2.35. The van der Waals surface area contributed by atoms with Crippen LogP contribution >= 0.6 is 0 Å². The van der Waals surface area contributed by atoms with Crippen LogP contribution in [0, 0.1) is 5.92 Å². The SMILES string of the molecule is CC(C)CN1CCN(CC(=O)Nc2cccc3nonc23)CC1. The van der Waals surface area contributed by atoms with Crippen molar-refractivity contribution < 1.29 is 9.42 Å². The molecule has 1 N–H and O–H groups in total. The second kappa shape index (κ2) is 7.06. The Kier molecular flexibility index (Phi) is 4.88. The summed E-state index contributed by atoms with van der Waals surface area (Å²) >= 11 is 0. The molecule has 124 valence electrons. The minimum absolute atomic E-state index is 0.0298. The highest BCUT2D eigenvalue weighted by Gasteiger charge is 2.20. The summed E-state index contributed by atoms with van der Waals surface area (Å²) in [4.78, 5) is 16.9. The third-order valence-corrected chi connectivity index (χ3v) is 4.02. The second-order valence-electron chi connectivity index (χ2n) is 6.46. The van der Waals surface area contributed by atoms with Gasteiger partial charge in [0.15, 0.2) is 5.52 Å². The maximum Gasteiger partial charge on any atom is 0.238 e. The molecule has 1 saturated heterocycles. The van der Waals surface area contributed by atoms with Crippen LogP contribution in [-0.4, -0.2) is 65.3 Å². The second-order valence-corrected chi connectivity index (χ2v) is 6.46. The molecule has 3 rings (SSSR count). The van der Waals surface area contributed by atoms with Gasteiger partial charge in [0.05, 0.1) is 12.2 Å². The van der Waals surface area contributed by atoms with Gasteiger partial charge in [-0.15, -0.1) is 0 Å². The first-order valence-electron chi connectivity index (χ1n) is 8.07. The van der Waals surface area contributed by atoms with Gasteiger partial charge in [-0.05, 0) is 28.4 Å². The molecule has 23 heavy (non-hydrogen) atoms. The number of nitrogens with one attached hydrogen (secondary N) is 1. The zero-order chi connectivity index (χ0) is 16.2. The summed E-state index contributed by atoms with van der Waals surface area (Å²) in [6.07, 6.45) is 0. The largest absolute Gasteiger partial charge is 0.323 e. The van der Waals surface area contributed by atoms with Gasteiger partial charge in [0, 0.05) is 32.7 Å². The zero-order valence-corrected chi connectivity index (χ0v) is 13.7. The fourth-order valence-electron chi connectivity index (χ4n) is 2.95. The monoisotopic (exact) mass is 317 g/mol. The molecule has 0 saturated carbocycles. The van der Waals surface area contributed by atoms with E-state index in [0.717, 1.165) is 32.7 Å². The van der Waals surface area contributed by atoms with Gasteiger partial charge in [0.25, 0.3) is 0 Å². The third-order valence-electron chi connectivity index (χ3n) is 4.02. The Balaban J connectivity index is 1.51. The molecule has 0 atom stereocenters. The van der Waals surface area contributed by atoms with E-state index in [2.05, 4.69) is 39.3 Å². The van der Waals surface area contributed by atoms with Crippen LogP contribution in [0.4, 0.5) is 5.69 Å². The number of nitrogens with zero attached hydrogens (tertiary/aromatic N) is 4. The van der Waals surface area contributed by atoms with Gasteiger partial charge in [-0.1, -0.05) is 19.9 Å². The molecule has 7 nitrogen and oxygen atoms in total. The van der Waals surface area contributed by atoms with Crippen LogP contribution < -0.4 is 5.32 Å². The predicted octanol–water partition coefficient (Wildman–Crippen LogP) is 1.43. The maximum atomic E-state index is 12.3. The van der Waals surface area contributed by atoms with Crippen molar-refractivity contribution in [1.29, 1.82) is 0 Å². The number of anilines is 1. The molecule has 1 fully saturated rings. The van der Waals surface area contributed by atoms with Crippen LogP contribution in [0.15, 0.2) is 22.8 Å². The number of hydrogen-bond donors (Lipinski definition) is 1. The summed E-state index contributed by atoms with van der Waals surface area (Å²) in [6, 6.07) is 5.44. The molecule has 0 aliphatic carbocycles. The van der Waals surface area contributed by atoms with Crippen molar-refractivity contribution in [2.75, 3.05) is 44.6 Å². The van der Waals surface area contributed by atoms with Crippen LogP contribution in [0.1, 0.15) is 13.8 Å². The molecule has 1 aromatic heterocycles. The van der Waals surface area contributed by atoms with Crippen LogP contribution in [0.5, 0.6) is 0 Å².